The predicted molar refractivity (Wildman–Crippen MR) is 64.1 cm³/mol. The van der Waals surface area contributed by atoms with E-state index in [9.17, 15) is 4.79 Å². The number of hydrogen-bond acceptors (Lipinski definition) is 3. The summed E-state index contributed by atoms with van der Waals surface area (Å²) >= 11 is 6.79. The number of amides is 1. The average molecular weight is 349 g/mol. The van der Waals surface area contributed by atoms with Crippen LogP contribution < -0.4 is 5.32 Å². The number of halogens is 2. The number of anilines is 1. The number of rotatable bonds is 0. The van der Waals surface area contributed by atoms with Crippen LogP contribution in [0.1, 0.15) is 5.56 Å². The first-order chi connectivity index (χ1) is 7.63. The normalized spacial score (nSPS) is 21.2. The molecule has 1 spiro atoms. The van der Waals surface area contributed by atoms with E-state index in [0.717, 1.165) is 20.2 Å². The lowest BCUT2D eigenvalue weighted by Gasteiger charge is -2.19. The van der Waals surface area contributed by atoms with Crippen LogP contribution in [-0.4, -0.2) is 19.1 Å². The number of fused-ring (bicyclic) bond motifs is 2. The Morgan fingerprint density at radius 1 is 1.25 bits per heavy atom. The molecule has 3 rings (SSSR count). The van der Waals surface area contributed by atoms with Gasteiger partial charge in [-0.3, -0.25) is 4.79 Å². The van der Waals surface area contributed by atoms with Gasteiger partial charge in [-0.15, -0.1) is 0 Å². The Kier molecular flexibility index (Phi) is 2.36. The Hall–Kier alpha value is -0.430. The average Bonchev–Trinajstić information content (AvgIpc) is 2.79. The molecule has 4 nitrogen and oxygen atoms in total. The van der Waals surface area contributed by atoms with Gasteiger partial charge in [0, 0.05) is 14.5 Å². The molecule has 0 bridgehead atoms. The first-order valence-electron chi connectivity index (χ1n) is 4.72. The van der Waals surface area contributed by atoms with Crippen LogP contribution in [0.5, 0.6) is 0 Å². The molecular weight excluding hydrogens is 342 g/mol. The second kappa shape index (κ2) is 3.53. The zero-order chi connectivity index (χ0) is 11.3. The first-order valence-corrected chi connectivity index (χ1v) is 6.31. The third kappa shape index (κ3) is 1.30. The van der Waals surface area contributed by atoms with Gasteiger partial charge in [0.15, 0.2) is 0 Å². The molecule has 0 atom stereocenters. The highest BCUT2D eigenvalue weighted by Crippen LogP contribution is 2.46. The second-order valence-electron chi connectivity index (χ2n) is 3.58. The van der Waals surface area contributed by atoms with Gasteiger partial charge in [-0.05, 0) is 28.1 Å². The van der Waals surface area contributed by atoms with Gasteiger partial charge in [0.1, 0.15) is 0 Å². The molecule has 0 aromatic heterocycles. The largest absolute Gasteiger partial charge is 0.336 e. The van der Waals surface area contributed by atoms with Gasteiger partial charge in [-0.25, -0.2) is 0 Å². The third-order valence-electron chi connectivity index (χ3n) is 2.64. The van der Waals surface area contributed by atoms with Gasteiger partial charge in [0.2, 0.25) is 0 Å². The summed E-state index contributed by atoms with van der Waals surface area (Å²) in [5.74, 6) is -1.51. The standard InChI is InChI=1S/C10H7Br2NO3/c11-5-3-6-8(7(12)4-5)13-9(14)10(6)15-1-2-16-10/h3-4H,1-2H2,(H,13,14). The fourth-order valence-electron chi connectivity index (χ4n) is 1.98. The molecule has 2 heterocycles. The molecular formula is C10H7Br2NO3. The predicted octanol–water partition coefficient (Wildman–Crippen LogP) is 2.36. The quantitative estimate of drug-likeness (QED) is 0.783. The van der Waals surface area contributed by atoms with E-state index in [-0.39, 0.29) is 5.91 Å². The summed E-state index contributed by atoms with van der Waals surface area (Å²) in [5.41, 5.74) is 1.44. The Labute approximate surface area is 109 Å². The smallest absolute Gasteiger partial charge is 0.289 e. The number of hydrogen-bond donors (Lipinski definition) is 1. The molecule has 0 saturated carbocycles. The first kappa shape index (κ1) is 10.7. The molecule has 0 radical (unpaired) electrons. The maximum Gasteiger partial charge on any atom is 0.289 e. The lowest BCUT2D eigenvalue weighted by Crippen LogP contribution is -2.35. The van der Waals surface area contributed by atoms with E-state index >= 15 is 0 Å². The van der Waals surface area contributed by atoms with Gasteiger partial charge in [0.25, 0.3) is 11.7 Å². The van der Waals surface area contributed by atoms with Gasteiger partial charge < -0.3 is 14.8 Å². The Morgan fingerprint density at radius 2 is 1.94 bits per heavy atom. The van der Waals surface area contributed by atoms with Crippen molar-refractivity contribution in [3.63, 3.8) is 0 Å². The van der Waals surface area contributed by atoms with Crippen molar-refractivity contribution in [2.24, 2.45) is 0 Å². The fourth-order valence-corrected chi connectivity index (χ4v) is 3.30. The highest BCUT2D eigenvalue weighted by Gasteiger charge is 2.53. The summed E-state index contributed by atoms with van der Waals surface area (Å²) in [6.45, 7) is 0.855. The van der Waals surface area contributed by atoms with Crippen molar-refractivity contribution in [3.05, 3.63) is 26.6 Å². The molecule has 0 aliphatic carbocycles. The van der Waals surface area contributed by atoms with Crippen molar-refractivity contribution in [1.82, 2.24) is 0 Å². The van der Waals surface area contributed by atoms with Crippen molar-refractivity contribution < 1.29 is 14.3 Å². The van der Waals surface area contributed by atoms with Crippen molar-refractivity contribution in [2.75, 3.05) is 18.5 Å². The van der Waals surface area contributed by atoms with Gasteiger partial charge in [0.05, 0.1) is 18.9 Å². The van der Waals surface area contributed by atoms with Gasteiger partial charge in [-0.2, -0.15) is 0 Å². The monoisotopic (exact) mass is 347 g/mol. The molecule has 6 heteroatoms. The third-order valence-corrected chi connectivity index (χ3v) is 3.72. The molecule has 1 saturated heterocycles. The minimum absolute atomic E-state index is 0.265. The van der Waals surface area contributed by atoms with E-state index in [2.05, 4.69) is 37.2 Å². The van der Waals surface area contributed by atoms with E-state index in [1.54, 1.807) is 0 Å². The molecule has 2 aliphatic rings. The number of ether oxygens (including phenoxy) is 2. The molecule has 84 valence electrons. The maximum absolute atomic E-state index is 11.9. The summed E-state index contributed by atoms with van der Waals surface area (Å²) in [5, 5.41) is 2.77. The van der Waals surface area contributed by atoms with Gasteiger partial charge >= 0.3 is 0 Å². The molecule has 0 unspecified atom stereocenters. The Morgan fingerprint density at radius 3 is 2.62 bits per heavy atom. The molecule has 1 aromatic carbocycles. The van der Waals surface area contributed by atoms with Crippen LogP contribution in [0.25, 0.3) is 0 Å². The van der Waals surface area contributed by atoms with Crippen LogP contribution in [0.15, 0.2) is 21.1 Å². The van der Waals surface area contributed by atoms with Crippen molar-refractivity contribution in [3.8, 4) is 0 Å². The number of carbonyl (C=O) groups is 1. The van der Waals surface area contributed by atoms with Crippen LogP contribution in [0, 0.1) is 0 Å². The summed E-state index contributed by atoms with van der Waals surface area (Å²) in [6.07, 6.45) is 0. The minimum atomic E-state index is -1.25. The van der Waals surface area contributed by atoms with E-state index in [4.69, 9.17) is 9.47 Å². The van der Waals surface area contributed by atoms with Crippen LogP contribution >= 0.6 is 31.9 Å². The molecule has 1 fully saturated rings. The molecule has 1 aromatic rings. The molecule has 2 aliphatic heterocycles. The number of carbonyl (C=O) groups excluding carboxylic acids is 1. The zero-order valence-corrected chi connectivity index (χ0v) is 11.2. The van der Waals surface area contributed by atoms with Crippen molar-refractivity contribution in [1.29, 1.82) is 0 Å². The van der Waals surface area contributed by atoms with Crippen LogP contribution in [0.4, 0.5) is 5.69 Å². The molecule has 1 N–H and O–H groups in total. The summed E-state index contributed by atoms with van der Waals surface area (Å²) < 4.78 is 12.6. The SMILES string of the molecule is O=C1Nc2c(Br)cc(Br)cc2C12OCCO2. The van der Waals surface area contributed by atoms with Crippen LogP contribution in [-0.2, 0) is 20.1 Å². The number of nitrogens with one attached hydrogen (secondary N) is 1. The zero-order valence-electron chi connectivity index (χ0n) is 8.05. The summed E-state index contributed by atoms with van der Waals surface area (Å²) in [4.78, 5) is 11.9. The Bertz CT molecular complexity index is 483. The summed E-state index contributed by atoms with van der Waals surface area (Å²) in [6, 6.07) is 3.70. The lowest BCUT2D eigenvalue weighted by atomic mass is 10.1. The van der Waals surface area contributed by atoms with E-state index in [1.807, 2.05) is 12.1 Å². The number of benzene rings is 1. The van der Waals surface area contributed by atoms with E-state index in [0.29, 0.717) is 13.2 Å². The maximum atomic E-state index is 11.9. The van der Waals surface area contributed by atoms with Crippen LogP contribution in [0.3, 0.4) is 0 Å². The molecule has 16 heavy (non-hydrogen) atoms. The fraction of sp³-hybridized carbons (Fsp3) is 0.300. The highest BCUT2D eigenvalue weighted by atomic mass is 79.9. The second-order valence-corrected chi connectivity index (χ2v) is 5.35. The van der Waals surface area contributed by atoms with E-state index in [1.165, 1.54) is 0 Å². The van der Waals surface area contributed by atoms with Crippen molar-refractivity contribution >= 4 is 43.5 Å². The van der Waals surface area contributed by atoms with Crippen LogP contribution in [0.2, 0.25) is 0 Å². The lowest BCUT2D eigenvalue weighted by molar-refractivity contribution is -0.178. The highest BCUT2D eigenvalue weighted by molar-refractivity contribution is 9.11. The summed E-state index contributed by atoms with van der Waals surface area (Å²) in [7, 11) is 0. The molecule has 1 amide bonds. The van der Waals surface area contributed by atoms with E-state index < -0.39 is 5.79 Å². The topological polar surface area (TPSA) is 47.6 Å². The minimum Gasteiger partial charge on any atom is -0.336 e. The van der Waals surface area contributed by atoms with Crippen molar-refractivity contribution in [2.45, 2.75) is 5.79 Å². The Balaban J connectivity index is 2.24. The van der Waals surface area contributed by atoms with Gasteiger partial charge in [-0.1, -0.05) is 15.9 Å².